The van der Waals surface area contributed by atoms with Crippen molar-refractivity contribution in [3.8, 4) is 17.2 Å². The Labute approximate surface area is 199 Å². The van der Waals surface area contributed by atoms with E-state index >= 15 is 0 Å². The fraction of sp³-hybridized carbons (Fsp3) is 0.462. The molecule has 0 unspecified atom stereocenters. The lowest BCUT2D eigenvalue weighted by Crippen LogP contribution is -2.20. The van der Waals surface area contributed by atoms with Crippen molar-refractivity contribution < 1.29 is 23.8 Å². The minimum absolute atomic E-state index is 0.280. The summed E-state index contributed by atoms with van der Waals surface area (Å²) in [7, 11) is 0. The van der Waals surface area contributed by atoms with E-state index in [9.17, 15) is 9.59 Å². The van der Waals surface area contributed by atoms with Gasteiger partial charge in [-0.15, -0.1) is 0 Å². The summed E-state index contributed by atoms with van der Waals surface area (Å²) in [5.41, 5.74) is 1.95. The predicted octanol–water partition coefficient (Wildman–Crippen LogP) is 5.83. The minimum Gasteiger partial charge on any atom is -0.493 e. The molecule has 1 aliphatic heterocycles. The predicted molar refractivity (Wildman–Crippen MR) is 129 cm³/mol. The molecule has 2 aliphatic rings. The fourth-order valence-corrected chi connectivity index (χ4v) is 5.03. The molecular weight excluding hydrogens is 438 g/mol. The number of rotatable bonds is 11. The highest BCUT2D eigenvalue weighted by Gasteiger charge is 2.33. The van der Waals surface area contributed by atoms with Crippen LogP contribution in [0.5, 0.6) is 17.2 Å². The van der Waals surface area contributed by atoms with E-state index in [1.54, 1.807) is 0 Å². The van der Waals surface area contributed by atoms with E-state index in [0.717, 1.165) is 60.9 Å². The van der Waals surface area contributed by atoms with Crippen molar-refractivity contribution in [2.45, 2.75) is 63.2 Å². The lowest BCUT2D eigenvalue weighted by molar-refractivity contribution is -0.119. The van der Waals surface area contributed by atoms with E-state index in [4.69, 9.17) is 14.2 Å². The Morgan fingerprint density at radius 1 is 1.00 bits per heavy atom. The molecule has 176 valence electrons. The summed E-state index contributed by atoms with van der Waals surface area (Å²) in [6, 6.07) is 13.5. The largest absolute Gasteiger partial charge is 0.493 e. The van der Waals surface area contributed by atoms with Crippen molar-refractivity contribution in [3.63, 3.8) is 0 Å². The van der Waals surface area contributed by atoms with Crippen molar-refractivity contribution in [3.05, 3.63) is 53.6 Å². The van der Waals surface area contributed by atoms with E-state index < -0.39 is 5.25 Å². The Kier molecular flexibility index (Phi) is 8.15. The zero-order chi connectivity index (χ0) is 23.0. The highest BCUT2D eigenvalue weighted by Crippen LogP contribution is 2.35. The molecule has 0 radical (unpaired) electrons. The molecule has 4 rings (SSSR count). The van der Waals surface area contributed by atoms with Crippen LogP contribution in [0.2, 0.25) is 0 Å². The van der Waals surface area contributed by atoms with Gasteiger partial charge in [0.1, 0.15) is 22.5 Å². The quantitative estimate of drug-likeness (QED) is 0.417. The van der Waals surface area contributed by atoms with Crippen LogP contribution in [-0.2, 0) is 11.2 Å². The first kappa shape index (κ1) is 23.5. The molecule has 6 nitrogen and oxygen atoms in total. The summed E-state index contributed by atoms with van der Waals surface area (Å²) in [5, 5.41) is 1.49. The van der Waals surface area contributed by atoms with Crippen LogP contribution in [0, 0.1) is 0 Å². The van der Waals surface area contributed by atoms with Crippen molar-refractivity contribution in [2.75, 3.05) is 13.2 Å². The Bertz CT molecular complexity index is 973. The molecule has 1 heterocycles. The molecule has 1 aliphatic carbocycles. The first-order valence-corrected chi connectivity index (χ1v) is 12.7. The number of carbonyl (C=O) groups excluding carboxylic acids is 2. The van der Waals surface area contributed by atoms with Crippen LogP contribution in [0.3, 0.4) is 0 Å². The van der Waals surface area contributed by atoms with Gasteiger partial charge in [0.15, 0.2) is 0 Å². The second-order valence-electron chi connectivity index (χ2n) is 8.44. The third-order valence-electron chi connectivity index (χ3n) is 5.82. The van der Waals surface area contributed by atoms with Crippen LogP contribution in [-0.4, -0.2) is 30.5 Å². The molecule has 1 saturated carbocycles. The Morgan fingerprint density at radius 3 is 2.58 bits per heavy atom. The summed E-state index contributed by atoms with van der Waals surface area (Å²) in [4.78, 5) is 23.3. The number of carbonyl (C=O) groups is 2. The lowest BCUT2D eigenvalue weighted by atomic mass is 10.1. The van der Waals surface area contributed by atoms with Gasteiger partial charge in [0, 0.05) is 6.42 Å². The van der Waals surface area contributed by atoms with Crippen molar-refractivity contribution in [1.82, 2.24) is 5.32 Å². The lowest BCUT2D eigenvalue weighted by Gasteiger charge is -2.16. The molecule has 33 heavy (non-hydrogen) atoms. The van der Waals surface area contributed by atoms with Crippen molar-refractivity contribution >= 4 is 22.9 Å². The number of thioether (sulfide) groups is 1. The Hall–Kier alpha value is -2.67. The average Bonchev–Trinajstić information content (AvgIpc) is 3.44. The van der Waals surface area contributed by atoms with Gasteiger partial charge >= 0.3 is 0 Å². The van der Waals surface area contributed by atoms with Crippen LogP contribution >= 0.6 is 11.8 Å². The molecule has 0 bridgehead atoms. The highest BCUT2D eigenvalue weighted by molar-refractivity contribution is 8.15. The second kappa shape index (κ2) is 11.5. The van der Waals surface area contributed by atoms with Crippen LogP contribution in [0.25, 0.3) is 0 Å². The number of amides is 2. The monoisotopic (exact) mass is 469 g/mol. The number of aryl methyl sites for hydroxylation is 1. The third-order valence-corrected chi connectivity index (χ3v) is 6.86. The molecule has 1 saturated heterocycles. The maximum atomic E-state index is 11.9. The number of ether oxygens (including phenoxy) is 3. The van der Waals surface area contributed by atoms with Crippen LogP contribution < -0.4 is 19.5 Å². The molecule has 1 atom stereocenters. The van der Waals surface area contributed by atoms with Gasteiger partial charge in [-0.1, -0.05) is 25.5 Å². The van der Waals surface area contributed by atoms with E-state index in [1.807, 2.05) is 36.4 Å². The smallest absolute Gasteiger partial charge is 0.286 e. The number of imide groups is 1. The molecule has 2 aromatic carbocycles. The first-order chi connectivity index (χ1) is 16.1. The molecule has 1 N–H and O–H groups in total. The van der Waals surface area contributed by atoms with Gasteiger partial charge in [-0.2, -0.15) is 0 Å². The van der Waals surface area contributed by atoms with E-state index in [-0.39, 0.29) is 11.1 Å². The Morgan fingerprint density at radius 2 is 1.82 bits per heavy atom. The van der Waals surface area contributed by atoms with Gasteiger partial charge in [-0.25, -0.2) is 0 Å². The summed E-state index contributed by atoms with van der Waals surface area (Å²) >= 11 is 0.996. The summed E-state index contributed by atoms with van der Waals surface area (Å²) < 4.78 is 18.1. The molecular formula is C26H31NO5S. The zero-order valence-electron chi connectivity index (χ0n) is 19.0. The minimum atomic E-state index is -0.512. The second-order valence-corrected chi connectivity index (χ2v) is 9.52. The van der Waals surface area contributed by atoms with Crippen LogP contribution in [0.4, 0.5) is 4.79 Å². The number of benzene rings is 2. The van der Waals surface area contributed by atoms with E-state index in [1.165, 1.54) is 18.4 Å². The summed E-state index contributed by atoms with van der Waals surface area (Å²) in [6.45, 7) is 3.22. The molecule has 2 fully saturated rings. The van der Waals surface area contributed by atoms with Gasteiger partial charge in [0.2, 0.25) is 5.91 Å². The van der Waals surface area contributed by atoms with Gasteiger partial charge in [0.05, 0.1) is 19.3 Å². The molecule has 2 amide bonds. The molecule has 0 spiro atoms. The van der Waals surface area contributed by atoms with Crippen LogP contribution in [0.15, 0.2) is 42.5 Å². The van der Waals surface area contributed by atoms with E-state index in [0.29, 0.717) is 25.1 Å². The standard InChI is InChI=1S/C26H31NO5S/c1-2-7-18-16-22(32-20-9-3-4-10-20)12-13-23(18)31-15-6-14-30-21-11-5-8-19(17-21)24-25(28)27-26(29)33-24/h5,8,11-13,16-17,20,24H,2-4,6-7,9-10,14-15H2,1H3,(H,27,28,29)/t24-/m1/s1. The van der Waals surface area contributed by atoms with Crippen molar-refractivity contribution in [1.29, 1.82) is 0 Å². The average molecular weight is 470 g/mol. The van der Waals surface area contributed by atoms with Gasteiger partial charge in [-0.3, -0.25) is 14.9 Å². The SMILES string of the molecule is CCCc1cc(OC2CCCC2)ccc1OCCCOc1cccc([C@H]2SC(=O)NC2=O)c1. The number of hydrogen-bond acceptors (Lipinski definition) is 6. The molecule has 0 aromatic heterocycles. The Balaban J connectivity index is 1.25. The topological polar surface area (TPSA) is 73.9 Å². The molecule has 7 heteroatoms. The van der Waals surface area contributed by atoms with Crippen LogP contribution in [0.1, 0.15) is 61.8 Å². The number of nitrogens with one attached hydrogen (secondary N) is 1. The van der Waals surface area contributed by atoms with Gasteiger partial charge < -0.3 is 14.2 Å². The number of hydrogen-bond donors (Lipinski definition) is 1. The third kappa shape index (κ3) is 6.44. The van der Waals surface area contributed by atoms with Crippen molar-refractivity contribution in [2.24, 2.45) is 0 Å². The summed E-state index contributed by atoms with van der Waals surface area (Å²) in [5.74, 6) is 2.25. The van der Waals surface area contributed by atoms with E-state index in [2.05, 4.69) is 18.3 Å². The normalized spacial score (nSPS) is 18.4. The molecule has 2 aromatic rings. The maximum Gasteiger partial charge on any atom is 0.286 e. The van der Waals surface area contributed by atoms with Gasteiger partial charge in [0.25, 0.3) is 5.24 Å². The zero-order valence-corrected chi connectivity index (χ0v) is 19.8. The first-order valence-electron chi connectivity index (χ1n) is 11.8. The fourth-order valence-electron chi connectivity index (χ4n) is 4.21. The maximum absolute atomic E-state index is 11.9. The summed E-state index contributed by atoms with van der Waals surface area (Å²) in [6.07, 6.45) is 7.89. The van der Waals surface area contributed by atoms with Gasteiger partial charge in [-0.05, 0) is 85.3 Å². The highest BCUT2D eigenvalue weighted by atomic mass is 32.2.